The maximum Gasteiger partial charge on any atom is 0.264 e. The number of carbonyl (C=O) groups is 1. The minimum atomic E-state index is -3.88. The van der Waals surface area contributed by atoms with Gasteiger partial charge < -0.3 is 5.32 Å². The van der Waals surface area contributed by atoms with E-state index in [-0.39, 0.29) is 10.8 Å². The highest BCUT2D eigenvalue weighted by molar-refractivity contribution is 7.92. The van der Waals surface area contributed by atoms with Crippen molar-refractivity contribution in [2.75, 3.05) is 10.0 Å². The first-order valence-electron chi connectivity index (χ1n) is 8.53. The number of anilines is 2. The molecule has 1 heterocycles. The number of amides is 1. The van der Waals surface area contributed by atoms with Crippen LogP contribution in [0.25, 0.3) is 0 Å². The molecule has 0 spiro atoms. The number of aromatic nitrogens is 2. The van der Waals surface area contributed by atoms with Crippen molar-refractivity contribution < 1.29 is 13.2 Å². The summed E-state index contributed by atoms with van der Waals surface area (Å²) in [5, 5.41) is 11.6. The lowest BCUT2D eigenvalue weighted by molar-refractivity contribution is 0.102. The molecule has 0 radical (unpaired) electrons. The number of nitrogens with zero attached hydrogens (tertiary/aromatic N) is 3. The van der Waals surface area contributed by atoms with Crippen molar-refractivity contribution in [2.45, 2.75) is 18.7 Å². The predicted octanol–water partition coefficient (Wildman–Crippen LogP) is 3.02. The fourth-order valence-electron chi connectivity index (χ4n) is 2.60. The zero-order chi connectivity index (χ0) is 21.0. The second-order valence-corrected chi connectivity index (χ2v) is 7.93. The number of rotatable bonds is 5. The van der Waals surface area contributed by atoms with Crippen LogP contribution in [0, 0.1) is 25.2 Å². The highest BCUT2D eigenvalue weighted by Gasteiger charge is 2.16. The van der Waals surface area contributed by atoms with Gasteiger partial charge in [0.05, 0.1) is 16.5 Å². The summed E-state index contributed by atoms with van der Waals surface area (Å²) in [6.07, 6.45) is 0. The molecule has 0 saturated heterocycles. The molecular weight excluding hydrogens is 390 g/mol. The van der Waals surface area contributed by atoms with Gasteiger partial charge >= 0.3 is 0 Å². The Labute approximate surface area is 168 Å². The second-order valence-electron chi connectivity index (χ2n) is 6.25. The fraction of sp³-hybridized carbons (Fsp3) is 0.100. The van der Waals surface area contributed by atoms with Gasteiger partial charge in [-0.05, 0) is 62.4 Å². The first-order valence-corrected chi connectivity index (χ1v) is 10.0. The summed E-state index contributed by atoms with van der Waals surface area (Å²) in [7, 11) is -3.88. The SMILES string of the molecule is Cc1cc(C)nc(NS(=O)(=O)c2ccc(NC(=O)c3cccc(C#N)c3)cc2)n1. The minimum absolute atomic E-state index is 0.00254. The van der Waals surface area contributed by atoms with E-state index < -0.39 is 15.9 Å². The molecule has 1 amide bonds. The molecule has 1 aromatic heterocycles. The summed E-state index contributed by atoms with van der Waals surface area (Å²) in [5.74, 6) is -0.406. The molecule has 2 aromatic carbocycles. The molecule has 0 aliphatic carbocycles. The smallest absolute Gasteiger partial charge is 0.264 e. The van der Waals surface area contributed by atoms with Crippen molar-refractivity contribution >= 4 is 27.6 Å². The van der Waals surface area contributed by atoms with E-state index in [1.165, 1.54) is 30.3 Å². The van der Waals surface area contributed by atoms with Gasteiger partial charge in [0.2, 0.25) is 5.95 Å². The fourth-order valence-corrected chi connectivity index (χ4v) is 3.55. The average molecular weight is 407 g/mol. The van der Waals surface area contributed by atoms with Crippen molar-refractivity contribution in [3.05, 3.63) is 77.1 Å². The van der Waals surface area contributed by atoms with E-state index in [0.717, 1.165) is 0 Å². The van der Waals surface area contributed by atoms with E-state index in [4.69, 9.17) is 5.26 Å². The van der Waals surface area contributed by atoms with E-state index in [1.54, 1.807) is 38.1 Å². The first-order chi connectivity index (χ1) is 13.8. The maximum atomic E-state index is 12.5. The van der Waals surface area contributed by atoms with Gasteiger partial charge in [0.1, 0.15) is 0 Å². The van der Waals surface area contributed by atoms with Crippen LogP contribution in [0.1, 0.15) is 27.3 Å². The van der Waals surface area contributed by atoms with Gasteiger partial charge in [-0.3, -0.25) is 4.79 Å². The number of benzene rings is 2. The van der Waals surface area contributed by atoms with Crippen LogP contribution in [0.5, 0.6) is 0 Å². The number of nitrogens with one attached hydrogen (secondary N) is 2. The zero-order valence-corrected chi connectivity index (χ0v) is 16.5. The monoisotopic (exact) mass is 407 g/mol. The highest BCUT2D eigenvalue weighted by Crippen LogP contribution is 2.18. The highest BCUT2D eigenvalue weighted by atomic mass is 32.2. The molecule has 9 heteroatoms. The van der Waals surface area contributed by atoms with Crippen molar-refractivity contribution in [1.29, 1.82) is 5.26 Å². The minimum Gasteiger partial charge on any atom is -0.322 e. The lowest BCUT2D eigenvalue weighted by Gasteiger charge is -2.09. The third-order valence-electron chi connectivity index (χ3n) is 3.88. The van der Waals surface area contributed by atoms with Gasteiger partial charge in [-0.2, -0.15) is 5.26 Å². The summed E-state index contributed by atoms with van der Waals surface area (Å²) < 4.78 is 27.4. The Morgan fingerprint density at radius 2 is 1.66 bits per heavy atom. The molecule has 0 aliphatic heterocycles. The Bertz CT molecular complexity index is 1200. The summed E-state index contributed by atoms with van der Waals surface area (Å²) in [6, 6.07) is 15.7. The molecule has 29 heavy (non-hydrogen) atoms. The molecule has 3 rings (SSSR count). The van der Waals surface area contributed by atoms with Gasteiger partial charge in [-0.25, -0.2) is 23.1 Å². The molecule has 8 nitrogen and oxygen atoms in total. The summed E-state index contributed by atoms with van der Waals surface area (Å²) in [4.78, 5) is 20.4. The van der Waals surface area contributed by atoms with Crippen LogP contribution < -0.4 is 10.0 Å². The molecule has 0 atom stereocenters. The molecular formula is C20H17N5O3S. The average Bonchev–Trinajstić information content (AvgIpc) is 2.67. The summed E-state index contributed by atoms with van der Waals surface area (Å²) in [5.41, 5.74) is 2.41. The molecule has 0 bridgehead atoms. The van der Waals surface area contributed by atoms with Gasteiger partial charge in [0, 0.05) is 22.6 Å². The Balaban J connectivity index is 1.75. The molecule has 0 saturated carbocycles. The number of hydrogen-bond acceptors (Lipinski definition) is 6. The Morgan fingerprint density at radius 3 is 2.28 bits per heavy atom. The van der Waals surface area contributed by atoms with E-state index in [1.807, 2.05) is 6.07 Å². The lowest BCUT2D eigenvalue weighted by Crippen LogP contribution is -2.16. The summed E-state index contributed by atoms with van der Waals surface area (Å²) >= 11 is 0. The predicted molar refractivity (Wildman–Crippen MR) is 108 cm³/mol. The zero-order valence-electron chi connectivity index (χ0n) is 15.7. The molecule has 2 N–H and O–H groups in total. The number of sulfonamides is 1. The molecule has 0 unspecified atom stereocenters. The Morgan fingerprint density at radius 1 is 1.00 bits per heavy atom. The largest absolute Gasteiger partial charge is 0.322 e. The van der Waals surface area contributed by atoms with Crippen molar-refractivity contribution in [3.8, 4) is 6.07 Å². The van der Waals surface area contributed by atoms with E-state index in [9.17, 15) is 13.2 Å². The first kappa shape index (κ1) is 20.0. The van der Waals surface area contributed by atoms with Gasteiger partial charge in [0.25, 0.3) is 15.9 Å². The van der Waals surface area contributed by atoms with E-state index in [2.05, 4.69) is 20.0 Å². The van der Waals surface area contributed by atoms with Crippen LogP contribution in [0.15, 0.2) is 59.5 Å². The van der Waals surface area contributed by atoms with Gasteiger partial charge in [0.15, 0.2) is 0 Å². The normalized spacial score (nSPS) is 10.8. The van der Waals surface area contributed by atoms with Crippen LogP contribution in [-0.4, -0.2) is 24.3 Å². The van der Waals surface area contributed by atoms with E-state index >= 15 is 0 Å². The second kappa shape index (κ2) is 8.08. The topological polar surface area (TPSA) is 125 Å². The molecule has 3 aromatic rings. The third-order valence-corrected chi connectivity index (χ3v) is 5.23. The maximum absolute atomic E-state index is 12.5. The van der Waals surface area contributed by atoms with Crippen molar-refractivity contribution in [1.82, 2.24) is 9.97 Å². The Kier molecular flexibility index (Phi) is 5.57. The lowest BCUT2D eigenvalue weighted by atomic mass is 10.1. The Hall–Kier alpha value is -3.77. The van der Waals surface area contributed by atoms with Crippen LogP contribution in [0.2, 0.25) is 0 Å². The van der Waals surface area contributed by atoms with Crippen LogP contribution in [0.3, 0.4) is 0 Å². The molecule has 146 valence electrons. The van der Waals surface area contributed by atoms with Crippen molar-refractivity contribution in [3.63, 3.8) is 0 Å². The van der Waals surface area contributed by atoms with Crippen LogP contribution >= 0.6 is 0 Å². The number of aryl methyl sites for hydroxylation is 2. The number of hydrogen-bond donors (Lipinski definition) is 2. The van der Waals surface area contributed by atoms with Crippen LogP contribution in [-0.2, 0) is 10.0 Å². The van der Waals surface area contributed by atoms with Gasteiger partial charge in [-0.1, -0.05) is 6.07 Å². The number of carbonyl (C=O) groups excluding carboxylic acids is 1. The quantitative estimate of drug-likeness (QED) is 0.670. The standard InChI is InChI=1S/C20H17N5O3S/c1-13-10-14(2)23-20(22-13)25-29(27,28)18-8-6-17(7-9-18)24-19(26)16-5-3-4-15(11-16)12-21/h3-11H,1-2H3,(H,24,26)(H,22,23,25). The molecule has 0 aliphatic rings. The van der Waals surface area contributed by atoms with Crippen molar-refractivity contribution in [2.24, 2.45) is 0 Å². The van der Waals surface area contributed by atoms with E-state index in [0.29, 0.717) is 28.2 Å². The number of nitriles is 1. The molecule has 0 fully saturated rings. The van der Waals surface area contributed by atoms with Crippen LogP contribution in [0.4, 0.5) is 11.6 Å². The van der Waals surface area contributed by atoms with Gasteiger partial charge in [-0.15, -0.1) is 0 Å². The third kappa shape index (κ3) is 4.94. The summed E-state index contributed by atoms with van der Waals surface area (Å²) in [6.45, 7) is 3.49.